The molecule has 0 aliphatic rings. The average Bonchev–Trinajstić information content (AvgIpc) is 2.68. The molecule has 0 atom stereocenters. The number of aldehydes is 1. The number of imidazole rings is 1. The molecule has 0 radical (unpaired) electrons. The number of hydrogen-bond acceptors (Lipinski definition) is 2. The summed E-state index contributed by atoms with van der Waals surface area (Å²) in [7, 11) is 1.84. The monoisotopic (exact) mass is 242 g/mol. The summed E-state index contributed by atoms with van der Waals surface area (Å²) >= 11 is 0. The van der Waals surface area contributed by atoms with Crippen LogP contribution in [0.4, 0.5) is 0 Å². The second-order valence-corrected chi connectivity index (χ2v) is 4.84. The average molecular weight is 242 g/mol. The van der Waals surface area contributed by atoms with Crippen molar-refractivity contribution in [3.8, 4) is 11.3 Å². The summed E-state index contributed by atoms with van der Waals surface area (Å²) in [5.41, 5.74) is 7.36. The fourth-order valence-electron chi connectivity index (χ4n) is 2.34. The van der Waals surface area contributed by atoms with Gasteiger partial charge in [0.1, 0.15) is 5.69 Å². The first-order chi connectivity index (χ1) is 8.47. The second-order valence-electron chi connectivity index (χ2n) is 4.84. The van der Waals surface area contributed by atoms with Crippen molar-refractivity contribution in [1.82, 2.24) is 9.55 Å². The molecular weight excluding hydrogens is 224 g/mol. The van der Waals surface area contributed by atoms with Gasteiger partial charge in [-0.3, -0.25) is 4.79 Å². The molecule has 0 aliphatic carbocycles. The number of rotatable bonds is 2. The van der Waals surface area contributed by atoms with E-state index in [1.807, 2.05) is 7.05 Å². The van der Waals surface area contributed by atoms with E-state index < -0.39 is 0 Å². The van der Waals surface area contributed by atoms with Crippen LogP contribution in [-0.2, 0) is 7.05 Å². The maximum atomic E-state index is 11.2. The van der Waals surface area contributed by atoms with Crippen LogP contribution in [0.2, 0.25) is 0 Å². The molecule has 0 fully saturated rings. The fraction of sp³-hybridized carbons (Fsp3) is 0.333. The lowest BCUT2D eigenvalue weighted by atomic mass is 9.92. The Morgan fingerprint density at radius 2 is 1.67 bits per heavy atom. The molecule has 1 aromatic carbocycles. The van der Waals surface area contributed by atoms with E-state index in [1.165, 1.54) is 22.3 Å². The highest BCUT2D eigenvalue weighted by atomic mass is 16.1. The number of aryl methyl sites for hydroxylation is 3. The van der Waals surface area contributed by atoms with E-state index in [0.29, 0.717) is 5.69 Å². The molecule has 2 aromatic rings. The fourth-order valence-corrected chi connectivity index (χ4v) is 2.34. The van der Waals surface area contributed by atoms with Gasteiger partial charge in [0, 0.05) is 12.6 Å². The van der Waals surface area contributed by atoms with Crippen LogP contribution in [0.5, 0.6) is 0 Å². The zero-order valence-electron chi connectivity index (χ0n) is 11.5. The van der Waals surface area contributed by atoms with Crippen LogP contribution >= 0.6 is 0 Å². The molecule has 18 heavy (non-hydrogen) atoms. The third-order valence-electron chi connectivity index (χ3n) is 3.70. The van der Waals surface area contributed by atoms with Crippen LogP contribution in [0.15, 0.2) is 12.4 Å². The molecular formula is C15H18N2O. The van der Waals surface area contributed by atoms with Gasteiger partial charge in [0.05, 0.1) is 12.0 Å². The number of carbonyl (C=O) groups excluding carboxylic acids is 1. The number of nitrogens with zero attached hydrogens (tertiary/aromatic N) is 2. The molecule has 3 heteroatoms. The summed E-state index contributed by atoms with van der Waals surface area (Å²) in [6, 6.07) is 2.18. The van der Waals surface area contributed by atoms with Gasteiger partial charge >= 0.3 is 0 Å². The van der Waals surface area contributed by atoms with Crippen molar-refractivity contribution in [2.45, 2.75) is 27.7 Å². The highest BCUT2D eigenvalue weighted by molar-refractivity contribution is 5.86. The van der Waals surface area contributed by atoms with Gasteiger partial charge in [0.25, 0.3) is 0 Å². The van der Waals surface area contributed by atoms with Crippen molar-refractivity contribution < 1.29 is 4.79 Å². The molecule has 1 aromatic heterocycles. The Labute approximate surface area is 107 Å². The molecule has 0 saturated carbocycles. The molecule has 0 bridgehead atoms. The van der Waals surface area contributed by atoms with Crippen molar-refractivity contribution in [2.24, 2.45) is 7.05 Å². The van der Waals surface area contributed by atoms with Crippen LogP contribution in [-0.4, -0.2) is 15.8 Å². The molecule has 0 unspecified atom stereocenters. The Balaban J connectivity index is 2.82. The van der Waals surface area contributed by atoms with Gasteiger partial charge in [0.15, 0.2) is 6.29 Å². The largest absolute Gasteiger partial charge is 0.331 e. The predicted octanol–water partition coefficient (Wildman–Crippen LogP) is 3.13. The lowest BCUT2D eigenvalue weighted by molar-refractivity contribution is 0.111. The van der Waals surface area contributed by atoms with E-state index in [1.54, 1.807) is 10.9 Å². The van der Waals surface area contributed by atoms with Crippen molar-refractivity contribution in [1.29, 1.82) is 0 Å². The van der Waals surface area contributed by atoms with Crippen molar-refractivity contribution in [3.63, 3.8) is 0 Å². The minimum Gasteiger partial charge on any atom is -0.331 e. The smallest absolute Gasteiger partial charge is 0.168 e. The maximum absolute atomic E-state index is 11.2. The van der Waals surface area contributed by atoms with E-state index in [2.05, 4.69) is 38.7 Å². The van der Waals surface area contributed by atoms with Crippen LogP contribution in [0.25, 0.3) is 11.3 Å². The Morgan fingerprint density at radius 3 is 2.17 bits per heavy atom. The highest BCUT2D eigenvalue weighted by Crippen LogP contribution is 2.31. The summed E-state index contributed by atoms with van der Waals surface area (Å²) < 4.78 is 1.76. The highest BCUT2D eigenvalue weighted by Gasteiger charge is 2.17. The lowest BCUT2D eigenvalue weighted by Crippen LogP contribution is -1.99. The third-order valence-corrected chi connectivity index (χ3v) is 3.70. The van der Waals surface area contributed by atoms with Gasteiger partial charge in [-0.25, -0.2) is 4.98 Å². The van der Waals surface area contributed by atoms with Crippen molar-refractivity contribution >= 4 is 6.29 Å². The van der Waals surface area contributed by atoms with Crippen molar-refractivity contribution in [3.05, 3.63) is 40.3 Å². The predicted molar refractivity (Wildman–Crippen MR) is 73.0 cm³/mol. The van der Waals surface area contributed by atoms with E-state index >= 15 is 0 Å². The van der Waals surface area contributed by atoms with E-state index in [4.69, 9.17) is 0 Å². The van der Waals surface area contributed by atoms with Gasteiger partial charge in [-0.2, -0.15) is 0 Å². The Morgan fingerprint density at radius 1 is 1.11 bits per heavy atom. The summed E-state index contributed by atoms with van der Waals surface area (Å²) in [5, 5.41) is 0. The first kappa shape index (κ1) is 12.6. The normalized spacial score (nSPS) is 10.7. The van der Waals surface area contributed by atoms with Gasteiger partial charge in [-0.1, -0.05) is 6.07 Å². The lowest BCUT2D eigenvalue weighted by Gasteiger charge is -2.14. The number of benzene rings is 1. The standard InChI is InChI=1S/C15H18N2O/c1-9-6-10(2)12(4)14(11(9)3)15-13(7-18)17(5)8-16-15/h6-8H,1-5H3. The van der Waals surface area contributed by atoms with Gasteiger partial charge < -0.3 is 4.57 Å². The minimum absolute atomic E-state index is 0.631. The summed E-state index contributed by atoms with van der Waals surface area (Å²) in [6.45, 7) is 8.35. The topological polar surface area (TPSA) is 34.9 Å². The molecule has 94 valence electrons. The third kappa shape index (κ3) is 1.76. The molecule has 1 heterocycles. The molecule has 0 saturated heterocycles. The van der Waals surface area contributed by atoms with Crippen LogP contribution < -0.4 is 0 Å². The van der Waals surface area contributed by atoms with Crippen LogP contribution in [0.3, 0.4) is 0 Å². The van der Waals surface area contributed by atoms with Gasteiger partial charge in [0.2, 0.25) is 0 Å². The van der Waals surface area contributed by atoms with E-state index in [0.717, 1.165) is 17.5 Å². The molecule has 0 spiro atoms. The van der Waals surface area contributed by atoms with Gasteiger partial charge in [-0.05, 0) is 49.9 Å². The summed E-state index contributed by atoms with van der Waals surface area (Å²) in [6.07, 6.45) is 2.56. The Bertz CT molecular complexity index is 598. The molecule has 0 amide bonds. The Kier molecular flexibility index (Phi) is 3.07. The molecule has 3 nitrogen and oxygen atoms in total. The van der Waals surface area contributed by atoms with Crippen LogP contribution in [0.1, 0.15) is 32.7 Å². The zero-order chi connectivity index (χ0) is 13.4. The summed E-state index contributed by atoms with van der Waals surface area (Å²) in [4.78, 5) is 15.6. The SMILES string of the molecule is Cc1cc(C)c(C)c(-c2ncn(C)c2C=O)c1C. The van der Waals surface area contributed by atoms with Crippen LogP contribution in [0, 0.1) is 27.7 Å². The Hall–Kier alpha value is -1.90. The first-order valence-corrected chi connectivity index (χ1v) is 6.01. The zero-order valence-corrected chi connectivity index (χ0v) is 11.5. The maximum Gasteiger partial charge on any atom is 0.168 e. The minimum atomic E-state index is 0.631. The van der Waals surface area contributed by atoms with Gasteiger partial charge in [-0.15, -0.1) is 0 Å². The molecule has 0 N–H and O–H groups in total. The van der Waals surface area contributed by atoms with E-state index in [9.17, 15) is 4.79 Å². The van der Waals surface area contributed by atoms with Crippen molar-refractivity contribution in [2.75, 3.05) is 0 Å². The first-order valence-electron chi connectivity index (χ1n) is 6.01. The second kappa shape index (κ2) is 4.41. The molecule has 2 rings (SSSR count). The number of aromatic nitrogens is 2. The quantitative estimate of drug-likeness (QED) is 0.758. The van der Waals surface area contributed by atoms with E-state index in [-0.39, 0.29) is 0 Å². The summed E-state index contributed by atoms with van der Waals surface area (Å²) in [5.74, 6) is 0. The number of hydrogen-bond donors (Lipinski definition) is 0. The number of carbonyl (C=O) groups is 1. The molecule has 0 aliphatic heterocycles.